The normalized spacial score (nSPS) is 21.4. The van der Waals surface area contributed by atoms with Gasteiger partial charge in [0.05, 0.1) is 12.8 Å². The lowest BCUT2D eigenvalue weighted by atomic mass is 9.90. The van der Waals surface area contributed by atoms with Crippen molar-refractivity contribution in [2.45, 2.75) is 33.1 Å². The van der Waals surface area contributed by atoms with Crippen molar-refractivity contribution in [2.75, 3.05) is 31.6 Å². The van der Waals surface area contributed by atoms with E-state index in [2.05, 4.69) is 13.0 Å². The number of ether oxygens (including phenoxy) is 1. The topological polar surface area (TPSA) is 49.9 Å². The molecule has 0 spiro atoms. The number of benzene rings is 1. The monoisotopic (exact) mass is 330 g/mol. The maximum absolute atomic E-state index is 13.1. The van der Waals surface area contributed by atoms with E-state index in [1.54, 1.807) is 14.0 Å². The van der Waals surface area contributed by atoms with Gasteiger partial charge in [0.25, 0.3) is 0 Å². The molecule has 0 aromatic heterocycles. The first-order valence-electron chi connectivity index (χ1n) is 8.73. The zero-order valence-electron chi connectivity index (χ0n) is 14.7. The number of fused-ring (bicyclic) bond motifs is 1. The van der Waals surface area contributed by atoms with Crippen LogP contribution in [0, 0.1) is 11.8 Å². The number of hydrogen-bond donors (Lipinski definition) is 0. The highest BCUT2D eigenvalue weighted by Crippen LogP contribution is 2.35. The highest BCUT2D eigenvalue weighted by atomic mass is 16.5. The molecule has 1 unspecified atom stereocenters. The SMILES string of the molecule is COc1ccc2c(c1)N(C(=O)C1CCN(C(C)=O)CC1)CC(C)C2. The molecule has 0 saturated carbocycles. The van der Waals surface area contributed by atoms with Gasteiger partial charge in [0.15, 0.2) is 0 Å². The second-order valence-electron chi connectivity index (χ2n) is 7.03. The summed E-state index contributed by atoms with van der Waals surface area (Å²) in [5, 5.41) is 0. The number of rotatable bonds is 2. The third kappa shape index (κ3) is 3.25. The van der Waals surface area contributed by atoms with E-state index in [1.807, 2.05) is 21.9 Å². The van der Waals surface area contributed by atoms with Crippen LogP contribution in [0.15, 0.2) is 18.2 Å². The van der Waals surface area contributed by atoms with Crippen molar-refractivity contribution < 1.29 is 14.3 Å². The van der Waals surface area contributed by atoms with Crippen molar-refractivity contribution in [3.05, 3.63) is 23.8 Å². The van der Waals surface area contributed by atoms with Crippen LogP contribution in [0.3, 0.4) is 0 Å². The minimum Gasteiger partial charge on any atom is -0.497 e. The molecule has 2 heterocycles. The van der Waals surface area contributed by atoms with Crippen molar-refractivity contribution in [3.63, 3.8) is 0 Å². The molecule has 1 atom stereocenters. The van der Waals surface area contributed by atoms with Crippen LogP contribution >= 0.6 is 0 Å². The summed E-state index contributed by atoms with van der Waals surface area (Å²) in [5.74, 6) is 1.53. The van der Waals surface area contributed by atoms with E-state index in [0.29, 0.717) is 19.0 Å². The molecule has 24 heavy (non-hydrogen) atoms. The van der Waals surface area contributed by atoms with Gasteiger partial charge < -0.3 is 14.5 Å². The molecular weight excluding hydrogens is 304 g/mol. The van der Waals surface area contributed by atoms with E-state index < -0.39 is 0 Å². The summed E-state index contributed by atoms with van der Waals surface area (Å²) in [6.07, 6.45) is 2.50. The number of likely N-dealkylation sites (tertiary alicyclic amines) is 1. The minimum atomic E-state index is 0.00458. The summed E-state index contributed by atoms with van der Waals surface area (Å²) in [4.78, 5) is 28.4. The smallest absolute Gasteiger partial charge is 0.230 e. The Balaban J connectivity index is 1.79. The number of nitrogens with zero attached hydrogens (tertiary/aromatic N) is 2. The van der Waals surface area contributed by atoms with Gasteiger partial charge in [-0.1, -0.05) is 13.0 Å². The summed E-state index contributed by atoms with van der Waals surface area (Å²) in [5.41, 5.74) is 2.20. The number of carbonyl (C=O) groups is 2. The standard InChI is InChI=1S/C19H26N2O3/c1-13-10-16-4-5-17(24-3)11-18(16)21(12-13)19(23)15-6-8-20(9-7-15)14(2)22/h4-5,11,13,15H,6-10,12H2,1-3H3. The van der Waals surface area contributed by atoms with Crippen LogP contribution in [0.5, 0.6) is 5.75 Å². The molecule has 0 aliphatic carbocycles. The molecule has 2 aliphatic heterocycles. The highest BCUT2D eigenvalue weighted by molar-refractivity contribution is 5.96. The lowest BCUT2D eigenvalue weighted by Crippen LogP contribution is -2.46. The van der Waals surface area contributed by atoms with Gasteiger partial charge in [-0.2, -0.15) is 0 Å². The third-order valence-electron chi connectivity index (χ3n) is 5.20. The Morgan fingerprint density at radius 2 is 1.92 bits per heavy atom. The van der Waals surface area contributed by atoms with Crippen molar-refractivity contribution >= 4 is 17.5 Å². The second-order valence-corrected chi connectivity index (χ2v) is 7.03. The fourth-order valence-electron chi connectivity index (χ4n) is 3.81. The average molecular weight is 330 g/mol. The van der Waals surface area contributed by atoms with Gasteiger partial charge in [-0.15, -0.1) is 0 Å². The summed E-state index contributed by atoms with van der Waals surface area (Å²) in [7, 11) is 1.65. The van der Waals surface area contributed by atoms with E-state index in [0.717, 1.165) is 37.2 Å². The Morgan fingerprint density at radius 3 is 2.54 bits per heavy atom. The molecule has 1 aromatic carbocycles. The fourth-order valence-corrected chi connectivity index (χ4v) is 3.81. The quantitative estimate of drug-likeness (QED) is 0.837. The van der Waals surface area contributed by atoms with Gasteiger partial charge in [-0.25, -0.2) is 0 Å². The second kappa shape index (κ2) is 6.83. The minimum absolute atomic E-state index is 0.00458. The molecule has 5 nitrogen and oxygen atoms in total. The number of methoxy groups -OCH3 is 1. The molecule has 5 heteroatoms. The molecule has 2 aliphatic rings. The van der Waals surface area contributed by atoms with Gasteiger partial charge in [-0.3, -0.25) is 9.59 Å². The zero-order chi connectivity index (χ0) is 17.3. The third-order valence-corrected chi connectivity index (χ3v) is 5.20. The van der Waals surface area contributed by atoms with Crippen molar-refractivity contribution in [3.8, 4) is 5.75 Å². The Bertz CT molecular complexity index is 635. The van der Waals surface area contributed by atoms with Gasteiger partial charge >= 0.3 is 0 Å². The van der Waals surface area contributed by atoms with E-state index in [1.165, 1.54) is 5.56 Å². The van der Waals surface area contributed by atoms with Crippen molar-refractivity contribution in [2.24, 2.45) is 11.8 Å². The largest absolute Gasteiger partial charge is 0.497 e. The first-order chi connectivity index (χ1) is 11.5. The molecule has 1 aromatic rings. The van der Waals surface area contributed by atoms with Crippen molar-refractivity contribution in [1.29, 1.82) is 0 Å². The Labute approximate surface area is 143 Å². The number of amides is 2. The molecule has 0 N–H and O–H groups in total. The lowest BCUT2D eigenvalue weighted by molar-refractivity contribution is -0.133. The predicted octanol–water partition coefficient (Wildman–Crippen LogP) is 2.48. The molecular formula is C19H26N2O3. The predicted molar refractivity (Wildman–Crippen MR) is 93.2 cm³/mol. The van der Waals surface area contributed by atoms with Gasteiger partial charge in [0.2, 0.25) is 11.8 Å². The summed E-state index contributed by atoms with van der Waals surface area (Å²) in [6, 6.07) is 6.01. The number of anilines is 1. The van der Waals surface area contributed by atoms with Crippen LogP contribution in [0.2, 0.25) is 0 Å². The summed E-state index contributed by atoms with van der Waals surface area (Å²) in [6.45, 7) is 5.90. The number of carbonyl (C=O) groups excluding carboxylic acids is 2. The van der Waals surface area contributed by atoms with E-state index >= 15 is 0 Å². The zero-order valence-corrected chi connectivity index (χ0v) is 14.7. The van der Waals surface area contributed by atoms with Crippen LogP contribution < -0.4 is 9.64 Å². The van der Waals surface area contributed by atoms with Crippen molar-refractivity contribution in [1.82, 2.24) is 4.90 Å². The van der Waals surface area contributed by atoms with Gasteiger partial charge in [0.1, 0.15) is 5.75 Å². The Morgan fingerprint density at radius 1 is 1.21 bits per heavy atom. The van der Waals surface area contributed by atoms with Crippen LogP contribution in [-0.4, -0.2) is 43.5 Å². The maximum atomic E-state index is 13.1. The first-order valence-corrected chi connectivity index (χ1v) is 8.73. The molecule has 130 valence electrons. The Hall–Kier alpha value is -2.04. The number of hydrogen-bond acceptors (Lipinski definition) is 3. The maximum Gasteiger partial charge on any atom is 0.230 e. The molecule has 1 fully saturated rings. The van der Waals surface area contributed by atoms with E-state index in [9.17, 15) is 9.59 Å². The first kappa shape index (κ1) is 16.8. The van der Waals surface area contributed by atoms with Gasteiger partial charge in [0, 0.05) is 38.5 Å². The van der Waals surface area contributed by atoms with E-state index in [4.69, 9.17) is 4.74 Å². The fraction of sp³-hybridized carbons (Fsp3) is 0.579. The van der Waals surface area contributed by atoms with Crippen LogP contribution in [0.4, 0.5) is 5.69 Å². The van der Waals surface area contributed by atoms with E-state index in [-0.39, 0.29) is 17.7 Å². The highest BCUT2D eigenvalue weighted by Gasteiger charge is 2.33. The number of piperidine rings is 1. The lowest BCUT2D eigenvalue weighted by Gasteiger charge is -2.38. The average Bonchev–Trinajstić information content (AvgIpc) is 2.60. The molecule has 1 saturated heterocycles. The summed E-state index contributed by atoms with van der Waals surface area (Å²) < 4.78 is 5.34. The Kier molecular flexibility index (Phi) is 4.78. The van der Waals surface area contributed by atoms with Gasteiger partial charge in [-0.05, 0) is 36.8 Å². The summed E-state index contributed by atoms with van der Waals surface area (Å²) >= 11 is 0. The van der Waals surface area contributed by atoms with Crippen LogP contribution in [0.1, 0.15) is 32.3 Å². The molecule has 2 amide bonds. The van der Waals surface area contributed by atoms with Crippen LogP contribution in [-0.2, 0) is 16.0 Å². The molecule has 3 rings (SSSR count). The van der Waals surface area contributed by atoms with Crippen LogP contribution in [0.25, 0.3) is 0 Å². The molecule has 0 bridgehead atoms. The molecule has 0 radical (unpaired) electrons.